The first-order chi connectivity index (χ1) is 7.81. The van der Waals surface area contributed by atoms with Crippen LogP contribution in [0.5, 0.6) is 5.75 Å². The summed E-state index contributed by atoms with van der Waals surface area (Å²) in [6.07, 6.45) is 0.362. The molecular weight excluding hydrogens is 317 g/mol. The van der Waals surface area contributed by atoms with E-state index in [1.54, 1.807) is 0 Å². The molecule has 1 aromatic carbocycles. The molecule has 0 amide bonds. The molecule has 0 saturated carbocycles. The average Bonchev–Trinajstić information content (AvgIpc) is 2.15. The summed E-state index contributed by atoms with van der Waals surface area (Å²) in [6, 6.07) is 8.88. The molecule has 0 unspecified atom stereocenters. The molecule has 16 heavy (non-hydrogen) atoms. The molecule has 1 aromatic rings. The summed E-state index contributed by atoms with van der Waals surface area (Å²) in [7, 11) is 0. The molecule has 2 heterocycles. The van der Waals surface area contributed by atoms with E-state index < -0.39 is 0 Å². The second-order valence-electron chi connectivity index (χ2n) is 4.34. The van der Waals surface area contributed by atoms with E-state index in [4.69, 9.17) is 9.47 Å². The first kappa shape index (κ1) is 10.8. The van der Waals surface area contributed by atoms with Crippen molar-refractivity contribution in [3.8, 4) is 5.75 Å². The minimum absolute atomic E-state index is 0.362. The Kier molecular flexibility index (Phi) is 3.04. The Labute approximate surface area is 109 Å². The van der Waals surface area contributed by atoms with E-state index in [0.717, 1.165) is 32.1 Å². The standard InChI is InChI=1S/C12H14INO2/c13-9-1-3-11(4-2-9)16-12-5-14(6-12)10-7-15-8-10/h1-4,10,12H,5-8H2. The van der Waals surface area contributed by atoms with Gasteiger partial charge in [-0.3, -0.25) is 4.90 Å². The van der Waals surface area contributed by atoms with Crippen LogP contribution in [0, 0.1) is 3.57 Å². The fourth-order valence-corrected chi connectivity index (χ4v) is 2.34. The fraction of sp³-hybridized carbons (Fsp3) is 0.500. The summed E-state index contributed by atoms with van der Waals surface area (Å²) in [5.41, 5.74) is 0. The molecule has 3 nitrogen and oxygen atoms in total. The van der Waals surface area contributed by atoms with Gasteiger partial charge in [0.05, 0.1) is 19.3 Å². The minimum Gasteiger partial charge on any atom is -0.488 e. The number of rotatable bonds is 3. The van der Waals surface area contributed by atoms with Crippen molar-refractivity contribution in [1.29, 1.82) is 0 Å². The van der Waals surface area contributed by atoms with Crippen LogP contribution in [0.3, 0.4) is 0 Å². The molecule has 0 radical (unpaired) electrons. The molecule has 2 aliphatic rings. The SMILES string of the molecule is Ic1ccc(OC2CN(C3COC3)C2)cc1. The Bertz CT molecular complexity index is 358. The second-order valence-corrected chi connectivity index (χ2v) is 5.58. The lowest BCUT2D eigenvalue weighted by molar-refractivity contribution is -0.115. The topological polar surface area (TPSA) is 21.7 Å². The number of nitrogens with zero attached hydrogens (tertiary/aromatic N) is 1. The van der Waals surface area contributed by atoms with Gasteiger partial charge in [0.25, 0.3) is 0 Å². The van der Waals surface area contributed by atoms with Crippen molar-refractivity contribution < 1.29 is 9.47 Å². The van der Waals surface area contributed by atoms with Crippen molar-refractivity contribution in [2.75, 3.05) is 26.3 Å². The molecule has 3 rings (SSSR count). The molecule has 86 valence electrons. The zero-order chi connectivity index (χ0) is 11.0. The van der Waals surface area contributed by atoms with E-state index in [0.29, 0.717) is 12.1 Å². The quantitative estimate of drug-likeness (QED) is 0.788. The van der Waals surface area contributed by atoms with Crippen molar-refractivity contribution in [3.63, 3.8) is 0 Å². The van der Waals surface area contributed by atoms with Gasteiger partial charge in [0.2, 0.25) is 0 Å². The predicted octanol–water partition coefficient (Wildman–Crippen LogP) is 1.75. The third-order valence-corrected chi connectivity index (χ3v) is 3.85. The minimum atomic E-state index is 0.362. The van der Waals surface area contributed by atoms with Gasteiger partial charge in [0.15, 0.2) is 0 Å². The van der Waals surface area contributed by atoms with E-state index in [1.807, 2.05) is 12.1 Å². The van der Waals surface area contributed by atoms with Gasteiger partial charge in [-0.2, -0.15) is 0 Å². The number of halogens is 1. The first-order valence-corrected chi connectivity index (χ1v) is 6.63. The molecule has 2 saturated heterocycles. The van der Waals surface area contributed by atoms with Crippen LogP contribution in [0.25, 0.3) is 0 Å². The van der Waals surface area contributed by atoms with Crippen LogP contribution in [0.1, 0.15) is 0 Å². The number of likely N-dealkylation sites (tertiary alicyclic amines) is 1. The molecule has 4 heteroatoms. The maximum atomic E-state index is 5.87. The van der Waals surface area contributed by atoms with E-state index in [9.17, 15) is 0 Å². The van der Waals surface area contributed by atoms with E-state index in [2.05, 4.69) is 39.6 Å². The Morgan fingerprint density at radius 2 is 1.88 bits per heavy atom. The smallest absolute Gasteiger partial charge is 0.124 e. The van der Waals surface area contributed by atoms with Crippen LogP contribution in [0.4, 0.5) is 0 Å². The Morgan fingerprint density at radius 3 is 2.44 bits per heavy atom. The molecule has 0 aliphatic carbocycles. The van der Waals surface area contributed by atoms with Gasteiger partial charge in [-0.15, -0.1) is 0 Å². The molecule has 0 atom stereocenters. The van der Waals surface area contributed by atoms with Crippen molar-refractivity contribution in [2.24, 2.45) is 0 Å². The van der Waals surface area contributed by atoms with Crippen LogP contribution in [0.2, 0.25) is 0 Å². The van der Waals surface area contributed by atoms with E-state index >= 15 is 0 Å². The maximum absolute atomic E-state index is 5.87. The van der Waals surface area contributed by atoms with E-state index in [1.165, 1.54) is 3.57 Å². The third-order valence-electron chi connectivity index (χ3n) is 3.13. The highest BCUT2D eigenvalue weighted by atomic mass is 127. The lowest BCUT2D eigenvalue weighted by atomic mass is 10.1. The Balaban J connectivity index is 1.48. The van der Waals surface area contributed by atoms with Gasteiger partial charge in [-0.25, -0.2) is 0 Å². The summed E-state index contributed by atoms with van der Waals surface area (Å²) in [5.74, 6) is 0.981. The van der Waals surface area contributed by atoms with Crippen molar-refractivity contribution in [2.45, 2.75) is 12.1 Å². The first-order valence-electron chi connectivity index (χ1n) is 5.55. The number of ether oxygens (including phenoxy) is 2. The molecule has 0 aromatic heterocycles. The van der Waals surface area contributed by atoms with Crippen molar-refractivity contribution in [3.05, 3.63) is 27.8 Å². The van der Waals surface area contributed by atoms with Crippen LogP contribution >= 0.6 is 22.6 Å². The predicted molar refractivity (Wildman–Crippen MR) is 69.8 cm³/mol. The highest BCUT2D eigenvalue weighted by molar-refractivity contribution is 14.1. The van der Waals surface area contributed by atoms with Gasteiger partial charge in [0.1, 0.15) is 11.9 Å². The van der Waals surface area contributed by atoms with Crippen LogP contribution in [-0.4, -0.2) is 43.3 Å². The lowest BCUT2D eigenvalue weighted by Crippen LogP contribution is -2.62. The van der Waals surface area contributed by atoms with Gasteiger partial charge >= 0.3 is 0 Å². The number of hydrogen-bond acceptors (Lipinski definition) is 3. The monoisotopic (exact) mass is 331 g/mol. The van der Waals surface area contributed by atoms with Crippen LogP contribution < -0.4 is 4.74 Å². The lowest BCUT2D eigenvalue weighted by Gasteiger charge is -2.46. The summed E-state index contributed by atoms with van der Waals surface area (Å²) < 4.78 is 12.3. The van der Waals surface area contributed by atoms with Crippen molar-refractivity contribution >= 4 is 22.6 Å². The second kappa shape index (κ2) is 4.50. The normalized spacial score (nSPS) is 22.6. The molecule has 0 N–H and O–H groups in total. The summed E-state index contributed by atoms with van der Waals surface area (Å²) in [5, 5.41) is 0. The Morgan fingerprint density at radius 1 is 1.19 bits per heavy atom. The maximum Gasteiger partial charge on any atom is 0.124 e. The molecule has 0 bridgehead atoms. The van der Waals surface area contributed by atoms with Crippen LogP contribution in [0.15, 0.2) is 24.3 Å². The molecule has 2 aliphatic heterocycles. The largest absolute Gasteiger partial charge is 0.488 e. The number of hydrogen-bond donors (Lipinski definition) is 0. The highest BCUT2D eigenvalue weighted by Crippen LogP contribution is 2.23. The fourth-order valence-electron chi connectivity index (χ4n) is 1.98. The number of benzene rings is 1. The zero-order valence-corrected chi connectivity index (χ0v) is 11.1. The summed E-state index contributed by atoms with van der Waals surface area (Å²) in [4.78, 5) is 2.43. The third kappa shape index (κ3) is 2.19. The van der Waals surface area contributed by atoms with Gasteiger partial charge in [-0.05, 0) is 46.9 Å². The van der Waals surface area contributed by atoms with Gasteiger partial charge < -0.3 is 9.47 Å². The Hall–Kier alpha value is -0.330. The van der Waals surface area contributed by atoms with Crippen LogP contribution in [-0.2, 0) is 4.74 Å². The summed E-state index contributed by atoms with van der Waals surface area (Å²) >= 11 is 2.30. The van der Waals surface area contributed by atoms with Gasteiger partial charge in [-0.1, -0.05) is 0 Å². The highest BCUT2D eigenvalue weighted by Gasteiger charge is 2.37. The van der Waals surface area contributed by atoms with Gasteiger partial charge in [0, 0.05) is 16.7 Å². The van der Waals surface area contributed by atoms with E-state index in [-0.39, 0.29) is 0 Å². The zero-order valence-electron chi connectivity index (χ0n) is 8.93. The molecule has 0 spiro atoms. The summed E-state index contributed by atoms with van der Waals surface area (Å²) in [6.45, 7) is 3.88. The van der Waals surface area contributed by atoms with Crippen molar-refractivity contribution in [1.82, 2.24) is 4.90 Å². The average molecular weight is 331 g/mol. The molecular formula is C12H14INO2. The molecule has 2 fully saturated rings.